The van der Waals surface area contributed by atoms with Gasteiger partial charge in [0.1, 0.15) is 0 Å². The number of benzene rings is 1. The number of nitrogens with two attached hydrogens (primary N) is 1. The quantitative estimate of drug-likeness (QED) is 0.882. The summed E-state index contributed by atoms with van der Waals surface area (Å²) in [5.41, 5.74) is 7.86. The fraction of sp³-hybridized carbons (Fsp3) is 0.625. The zero-order chi connectivity index (χ0) is 13.7. The van der Waals surface area contributed by atoms with Crippen molar-refractivity contribution in [1.29, 1.82) is 0 Å². The molecule has 1 aromatic carbocycles. The van der Waals surface area contributed by atoms with E-state index in [1.54, 1.807) is 0 Å². The molecule has 3 nitrogen and oxygen atoms in total. The molecule has 1 aliphatic rings. The molecule has 1 aliphatic heterocycles. The fourth-order valence-corrected chi connectivity index (χ4v) is 2.69. The average Bonchev–Trinajstić information content (AvgIpc) is 2.46. The van der Waals surface area contributed by atoms with Crippen LogP contribution in [0.5, 0.6) is 0 Å². The summed E-state index contributed by atoms with van der Waals surface area (Å²) in [5, 5.41) is 0. The standard InChI is InChI=1S/C16H26N2O/c1-16(2,18-10-12-19-13-11-18)15(17)9-8-14-6-4-3-5-7-14/h3-7,15H,8-13,17H2,1-2H3. The van der Waals surface area contributed by atoms with Crippen LogP contribution in [0.25, 0.3) is 0 Å². The molecule has 106 valence electrons. The zero-order valence-electron chi connectivity index (χ0n) is 12.1. The fourth-order valence-electron chi connectivity index (χ4n) is 2.69. The Morgan fingerprint density at radius 2 is 1.84 bits per heavy atom. The molecule has 1 unspecified atom stereocenters. The van der Waals surface area contributed by atoms with E-state index in [1.807, 2.05) is 0 Å². The third-order valence-electron chi connectivity index (χ3n) is 4.32. The second kappa shape index (κ2) is 6.51. The molecule has 0 spiro atoms. The summed E-state index contributed by atoms with van der Waals surface area (Å²) in [7, 11) is 0. The molecule has 0 radical (unpaired) electrons. The van der Waals surface area contributed by atoms with Crippen LogP contribution in [-0.4, -0.2) is 42.8 Å². The summed E-state index contributed by atoms with van der Waals surface area (Å²) in [6.45, 7) is 8.16. The van der Waals surface area contributed by atoms with Crippen molar-refractivity contribution in [3.05, 3.63) is 35.9 Å². The summed E-state index contributed by atoms with van der Waals surface area (Å²) in [4.78, 5) is 2.46. The molecule has 19 heavy (non-hydrogen) atoms. The van der Waals surface area contributed by atoms with Crippen LogP contribution in [0.3, 0.4) is 0 Å². The molecule has 2 rings (SSSR count). The monoisotopic (exact) mass is 262 g/mol. The first-order valence-electron chi connectivity index (χ1n) is 7.23. The molecule has 1 atom stereocenters. The van der Waals surface area contributed by atoms with Gasteiger partial charge in [0.2, 0.25) is 0 Å². The van der Waals surface area contributed by atoms with Crippen LogP contribution in [0, 0.1) is 0 Å². The number of morpholine rings is 1. The van der Waals surface area contributed by atoms with E-state index in [1.165, 1.54) is 5.56 Å². The lowest BCUT2D eigenvalue weighted by Gasteiger charge is -2.44. The molecular formula is C16H26N2O. The maximum absolute atomic E-state index is 6.45. The Morgan fingerprint density at radius 3 is 2.47 bits per heavy atom. The molecule has 2 N–H and O–H groups in total. The first kappa shape index (κ1) is 14.5. The van der Waals surface area contributed by atoms with E-state index < -0.39 is 0 Å². The second-order valence-electron chi connectivity index (χ2n) is 5.88. The Bertz CT molecular complexity index is 372. The summed E-state index contributed by atoms with van der Waals surface area (Å²) in [6, 6.07) is 10.8. The van der Waals surface area contributed by atoms with Gasteiger partial charge in [0, 0.05) is 24.7 Å². The molecule has 0 saturated carbocycles. The van der Waals surface area contributed by atoms with Crippen LogP contribution in [0.2, 0.25) is 0 Å². The largest absolute Gasteiger partial charge is 0.379 e. The maximum Gasteiger partial charge on any atom is 0.0594 e. The van der Waals surface area contributed by atoms with Gasteiger partial charge >= 0.3 is 0 Å². The van der Waals surface area contributed by atoms with Crippen molar-refractivity contribution in [3.8, 4) is 0 Å². The van der Waals surface area contributed by atoms with E-state index in [4.69, 9.17) is 10.5 Å². The molecule has 3 heteroatoms. The third kappa shape index (κ3) is 3.78. The van der Waals surface area contributed by atoms with Crippen molar-refractivity contribution in [2.24, 2.45) is 5.73 Å². The number of rotatable bonds is 5. The first-order chi connectivity index (χ1) is 9.10. The normalized spacial score (nSPS) is 19.3. The van der Waals surface area contributed by atoms with E-state index in [0.717, 1.165) is 39.1 Å². The number of hydrogen-bond acceptors (Lipinski definition) is 3. The molecule has 1 heterocycles. The van der Waals surface area contributed by atoms with E-state index in [2.05, 4.69) is 49.1 Å². The molecule has 0 amide bonds. The summed E-state index contributed by atoms with van der Waals surface area (Å²) >= 11 is 0. The Labute approximate surface area is 116 Å². The average molecular weight is 262 g/mol. The highest BCUT2D eigenvalue weighted by Crippen LogP contribution is 2.22. The van der Waals surface area contributed by atoms with Gasteiger partial charge in [-0.2, -0.15) is 0 Å². The molecule has 1 saturated heterocycles. The summed E-state index contributed by atoms with van der Waals surface area (Å²) in [6.07, 6.45) is 2.07. The third-order valence-corrected chi connectivity index (χ3v) is 4.32. The lowest BCUT2D eigenvalue weighted by Crippen LogP contribution is -2.59. The van der Waals surface area contributed by atoms with E-state index in [9.17, 15) is 0 Å². The predicted molar refractivity (Wildman–Crippen MR) is 79.2 cm³/mol. The van der Waals surface area contributed by atoms with Crippen LogP contribution >= 0.6 is 0 Å². The van der Waals surface area contributed by atoms with Crippen molar-refractivity contribution in [2.75, 3.05) is 26.3 Å². The van der Waals surface area contributed by atoms with Gasteiger partial charge in [0.25, 0.3) is 0 Å². The second-order valence-corrected chi connectivity index (χ2v) is 5.88. The van der Waals surface area contributed by atoms with Crippen molar-refractivity contribution in [2.45, 2.75) is 38.3 Å². The SMILES string of the molecule is CC(C)(C(N)CCc1ccccc1)N1CCOCC1. The highest BCUT2D eigenvalue weighted by Gasteiger charge is 2.33. The lowest BCUT2D eigenvalue weighted by molar-refractivity contribution is -0.0194. The Hall–Kier alpha value is -0.900. The maximum atomic E-state index is 6.45. The van der Waals surface area contributed by atoms with Gasteiger partial charge in [-0.05, 0) is 32.3 Å². The molecule has 0 aliphatic carbocycles. The van der Waals surface area contributed by atoms with Gasteiger partial charge in [-0.25, -0.2) is 0 Å². The summed E-state index contributed by atoms with van der Waals surface area (Å²) in [5.74, 6) is 0. The van der Waals surface area contributed by atoms with Gasteiger partial charge in [-0.1, -0.05) is 30.3 Å². The van der Waals surface area contributed by atoms with E-state index in [-0.39, 0.29) is 11.6 Å². The van der Waals surface area contributed by atoms with Crippen molar-refractivity contribution in [3.63, 3.8) is 0 Å². The Morgan fingerprint density at radius 1 is 1.21 bits per heavy atom. The van der Waals surface area contributed by atoms with Crippen LogP contribution in [0.4, 0.5) is 0 Å². The highest BCUT2D eigenvalue weighted by atomic mass is 16.5. The van der Waals surface area contributed by atoms with Gasteiger partial charge in [0.05, 0.1) is 13.2 Å². The lowest BCUT2D eigenvalue weighted by atomic mass is 9.88. The zero-order valence-corrected chi connectivity index (χ0v) is 12.1. The first-order valence-corrected chi connectivity index (χ1v) is 7.23. The van der Waals surface area contributed by atoms with Gasteiger partial charge in [-0.3, -0.25) is 4.90 Å². The van der Waals surface area contributed by atoms with E-state index >= 15 is 0 Å². The van der Waals surface area contributed by atoms with Gasteiger partial charge < -0.3 is 10.5 Å². The number of hydrogen-bond donors (Lipinski definition) is 1. The molecule has 0 aromatic heterocycles. The summed E-state index contributed by atoms with van der Waals surface area (Å²) < 4.78 is 5.42. The number of aryl methyl sites for hydroxylation is 1. The van der Waals surface area contributed by atoms with Crippen LogP contribution in [-0.2, 0) is 11.2 Å². The Balaban J connectivity index is 1.88. The van der Waals surface area contributed by atoms with Gasteiger partial charge in [-0.15, -0.1) is 0 Å². The minimum absolute atomic E-state index is 0.0402. The van der Waals surface area contributed by atoms with Gasteiger partial charge in [0.15, 0.2) is 0 Å². The molecular weight excluding hydrogens is 236 g/mol. The predicted octanol–water partition coefficient (Wildman–Crippen LogP) is 2.06. The van der Waals surface area contributed by atoms with Crippen molar-refractivity contribution < 1.29 is 4.74 Å². The van der Waals surface area contributed by atoms with Crippen LogP contribution in [0.1, 0.15) is 25.8 Å². The topological polar surface area (TPSA) is 38.5 Å². The highest BCUT2D eigenvalue weighted by molar-refractivity contribution is 5.15. The van der Waals surface area contributed by atoms with Crippen molar-refractivity contribution >= 4 is 0 Å². The van der Waals surface area contributed by atoms with Crippen LogP contribution in [0.15, 0.2) is 30.3 Å². The number of nitrogens with zero attached hydrogens (tertiary/aromatic N) is 1. The minimum Gasteiger partial charge on any atom is -0.379 e. The molecule has 0 bridgehead atoms. The smallest absolute Gasteiger partial charge is 0.0594 e. The Kier molecular flexibility index (Phi) is 4.97. The minimum atomic E-state index is 0.0402. The van der Waals surface area contributed by atoms with Crippen molar-refractivity contribution in [1.82, 2.24) is 4.90 Å². The van der Waals surface area contributed by atoms with E-state index in [0.29, 0.717) is 0 Å². The number of ether oxygens (including phenoxy) is 1. The molecule has 1 fully saturated rings. The molecule has 1 aromatic rings. The van der Waals surface area contributed by atoms with Crippen LogP contribution < -0.4 is 5.73 Å².